The lowest BCUT2D eigenvalue weighted by Gasteiger charge is -2.04. The fourth-order valence-corrected chi connectivity index (χ4v) is 0.584. The van der Waals surface area contributed by atoms with E-state index in [9.17, 15) is 0 Å². The Morgan fingerprint density at radius 1 is 1.20 bits per heavy atom. The second kappa shape index (κ2) is 11.7. The summed E-state index contributed by atoms with van der Waals surface area (Å²) in [7, 11) is 0. The van der Waals surface area contributed by atoms with E-state index in [-0.39, 0.29) is 0 Å². The van der Waals surface area contributed by atoms with Crippen LogP contribution in [0.1, 0.15) is 33.6 Å². The summed E-state index contributed by atoms with van der Waals surface area (Å²) in [6.45, 7) is 7.74. The number of nitrogens with two attached hydrogens (primary N) is 2. The fraction of sp³-hybridized carbons (Fsp3) is 1.00. The molecular formula is C8H22N2. The summed E-state index contributed by atoms with van der Waals surface area (Å²) in [5.41, 5.74) is 10.7. The third-order valence-electron chi connectivity index (χ3n) is 1.30. The SMILES string of the molecule is CC.CC(CN)CCCN. The Bertz CT molecular complexity index is 46.5. The Morgan fingerprint density at radius 3 is 2.00 bits per heavy atom. The Labute approximate surface area is 65.0 Å². The van der Waals surface area contributed by atoms with Crippen molar-refractivity contribution in [3.63, 3.8) is 0 Å². The molecule has 0 aliphatic rings. The quantitative estimate of drug-likeness (QED) is 0.629. The molecule has 0 radical (unpaired) electrons. The molecule has 2 nitrogen and oxygen atoms in total. The van der Waals surface area contributed by atoms with Gasteiger partial charge in [-0.25, -0.2) is 0 Å². The minimum absolute atomic E-state index is 0.651. The molecule has 1 unspecified atom stereocenters. The second-order valence-corrected chi connectivity index (χ2v) is 2.27. The molecule has 0 aromatic carbocycles. The van der Waals surface area contributed by atoms with E-state index in [1.807, 2.05) is 13.8 Å². The molecule has 0 fully saturated rings. The van der Waals surface area contributed by atoms with E-state index in [1.54, 1.807) is 0 Å². The van der Waals surface area contributed by atoms with Crippen LogP contribution in [0.4, 0.5) is 0 Å². The Hall–Kier alpha value is -0.0800. The van der Waals surface area contributed by atoms with Crippen molar-refractivity contribution in [1.82, 2.24) is 0 Å². The predicted molar refractivity (Wildman–Crippen MR) is 47.9 cm³/mol. The molecule has 0 saturated carbocycles. The number of rotatable bonds is 4. The van der Waals surface area contributed by atoms with E-state index >= 15 is 0 Å². The first-order chi connectivity index (χ1) is 4.81. The van der Waals surface area contributed by atoms with Gasteiger partial charge >= 0.3 is 0 Å². The zero-order valence-electron chi connectivity index (χ0n) is 7.56. The monoisotopic (exact) mass is 146 g/mol. The summed E-state index contributed by atoms with van der Waals surface area (Å²) in [6, 6.07) is 0. The van der Waals surface area contributed by atoms with Crippen LogP contribution in [0.5, 0.6) is 0 Å². The van der Waals surface area contributed by atoms with E-state index in [4.69, 9.17) is 11.5 Å². The third kappa shape index (κ3) is 10.8. The molecule has 1 atom stereocenters. The van der Waals surface area contributed by atoms with Crippen molar-refractivity contribution in [2.24, 2.45) is 17.4 Å². The zero-order valence-corrected chi connectivity index (χ0v) is 7.56. The van der Waals surface area contributed by atoms with Gasteiger partial charge in [-0.3, -0.25) is 0 Å². The smallest absolute Gasteiger partial charge is 0.00515 e. The van der Waals surface area contributed by atoms with Crippen LogP contribution in [0.3, 0.4) is 0 Å². The van der Waals surface area contributed by atoms with Gasteiger partial charge in [0.1, 0.15) is 0 Å². The van der Waals surface area contributed by atoms with E-state index in [0.29, 0.717) is 5.92 Å². The standard InChI is InChI=1S/C6H16N2.C2H6/c1-6(5-8)3-2-4-7;1-2/h6H,2-5,7-8H2,1H3;1-2H3. The van der Waals surface area contributed by atoms with Crippen molar-refractivity contribution in [3.05, 3.63) is 0 Å². The second-order valence-electron chi connectivity index (χ2n) is 2.27. The van der Waals surface area contributed by atoms with Gasteiger partial charge in [0.05, 0.1) is 0 Å². The zero-order chi connectivity index (χ0) is 8.41. The van der Waals surface area contributed by atoms with Crippen molar-refractivity contribution in [1.29, 1.82) is 0 Å². The molecule has 0 heterocycles. The summed E-state index contributed by atoms with van der Waals surface area (Å²) < 4.78 is 0. The van der Waals surface area contributed by atoms with Crippen LogP contribution in [0.15, 0.2) is 0 Å². The molecule has 0 spiro atoms. The van der Waals surface area contributed by atoms with Crippen LogP contribution >= 0.6 is 0 Å². The largest absolute Gasteiger partial charge is 0.330 e. The molecule has 0 saturated heterocycles. The Morgan fingerprint density at radius 2 is 1.70 bits per heavy atom. The average molecular weight is 146 g/mol. The summed E-state index contributed by atoms with van der Waals surface area (Å²) >= 11 is 0. The van der Waals surface area contributed by atoms with Crippen LogP contribution in [-0.2, 0) is 0 Å². The summed E-state index contributed by atoms with van der Waals surface area (Å²) in [5, 5.41) is 0. The Balaban J connectivity index is 0. The lowest BCUT2D eigenvalue weighted by molar-refractivity contribution is 0.525. The first-order valence-corrected chi connectivity index (χ1v) is 4.21. The van der Waals surface area contributed by atoms with Gasteiger partial charge in [-0.1, -0.05) is 20.8 Å². The van der Waals surface area contributed by atoms with Crippen LogP contribution in [-0.4, -0.2) is 13.1 Å². The molecule has 0 rings (SSSR count). The van der Waals surface area contributed by atoms with Crippen molar-refractivity contribution < 1.29 is 0 Å². The van der Waals surface area contributed by atoms with Crippen LogP contribution in [0, 0.1) is 5.92 Å². The molecule has 10 heavy (non-hydrogen) atoms. The average Bonchev–Trinajstić information content (AvgIpc) is 2.04. The van der Waals surface area contributed by atoms with E-state index < -0.39 is 0 Å². The maximum absolute atomic E-state index is 5.37. The highest BCUT2D eigenvalue weighted by molar-refractivity contribution is 4.52. The summed E-state index contributed by atoms with van der Waals surface area (Å²) in [5.74, 6) is 0.651. The molecule has 0 aromatic heterocycles. The molecule has 4 N–H and O–H groups in total. The molecular weight excluding hydrogens is 124 g/mol. The summed E-state index contributed by atoms with van der Waals surface area (Å²) in [6.07, 6.45) is 2.28. The first-order valence-electron chi connectivity index (χ1n) is 4.21. The lowest BCUT2D eigenvalue weighted by Crippen LogP contribution is -2.12. The molecule has 0 bridgehead atoms. The highest BCUT2D eigenvalue weighted by Crippen LogP contribution is 2.00. The van der Waals surface area contributed by atoms with Crippen molar-refractivity contribution in [3.8, 4) is 0 Å². The first kappa shape index (κ1) is 12.6. The Kier molecular flexibility index (Phi) is 14.7. The number of hydrogen-bond donors (Lipinski definition) is 2. The highest BCUT2D eigenvalue weighted by Gasteiger charge is 1.95. The van der Waals surface area contributed by atoms with Gasteiger partial charge in [-0.2, -0.15) is 0 Å². The highest BCUT2D eigenvalue weighted by atomic mass is 14.5. The van der Waals surface area contributed by atoms with Crippen LogP contribution in [0.25, 0.3) is 0 Å². The fourth-order valence-electron chi connectivity index (χ4n) is 0.584. The van der Waals surface area contributed by atoms with Crippen molar-refractivity contribution in [2.45, 2.75) is 33.6 Å². The molecule has 0 aromatic rings. The topological polar surface area (TPSA) is 52.0 Å². The maximum atomic E-state index is 5.37. The minimum Gasteiger partial charge on any atom is -0.330 e. The lowest BCUT2D eigenvalue weighted by atomic mass is 10.1. The van der Waals surface area contributed by atoms with Crippen LogP contribution < -0.4 is 11.5 Å². The van der Waals surface area contributed by atoms with Crippen LogP contribution in [0.2, 0.25) is 0 Å². The van der Waals surface area contributed by atoms with E-state index in [0.717, 1.165) is 19.5 Å². The van der Waals surface area contributed by atoms with E-state index in [1.165, 1.54) is 6.42 Å². The van der Waals surface area contributed by atoms with Gasteiger partial charge in [0.25, 0.3) is 0 Å². The summed E-state index contributed by atoms with van der Waals surface area (Å²) in [4.78, 5) is 0. The predicted octanol–water partition coefficient (Wildman–Crippen LogP) is 1.35. The molecule has 0 aliphatic carbocycles. The third-order valence-corrected chi connectivity index (χ3v) is 1.30. The van der Waals surface area contributed by atoms with Crippen molar-refractivity contribution in [2.75, 3.05) is 13.1 Å². The molecule has 0 amide bonds. The van der Waals surface area contributed by atoms with Gasteiger partial charge < -0.3 is 11.5 Å². The maximum Gasteiger partial charge on any atom is -0.00515 e. The molecule has 0 aliphatic heterocycles. The van der Waals surface area contributed by atoms with Crippen molar-refractivity contribution >= 4 is 0 Å². The number of hydrogen-bond acceptors (Lipinski definition) is 2. The molecule has 2 heteroatoms. The molecule has 64 valence electrons. The van der Waals surface area contributed by atoms with Gasteiger partial charge in [0.2, 0.25) is 0 Å². The van der Waals surface area contributed by atoms with Gasteiger partial charge in [-0.15, -0.1) is 0 Å². The van der Waals surface area contributed by atoms with Gasteiger partial charge in [-0.05, 0) is 31.8 Å². The van der Waals surface area contributed by atoms with E-state index in [2.05, 4.69) is 6.92 Å². The van der Waals surface area contributed by atoms with Gasteiger partial charge in [0.15, 0.2) is 0 Å². The minimum atomic E-state index is 0.651. The van der Waals surface area contributed by atoms with Gasteiger partial charge in [0, 0.05) is 0 Å². The normalized spacial score (nSPS) is 11.7.